The quantitative estimate of drug-likeness (QED) is 0.565. The van der Waals surface area contributed by atoms with E-state index >= 15 is 0 Å². The molecule has 0 atom stereocenters. The van der Waals surface area contributed by atoms with Crippen LogP contribution in [-0.4, -0.2) is 24.5 Å². The number of ether oxygens (including phenoxy) is 1. The van der Waals surface area contributed by atoms with Crippen LogP contribution in [0.25, 0.3) is 6.08 Å². The normalized spacial score (nSPS) is 10.9. The Bertz CT molecular complexity index is 777. The van der Waals surface area contributed by atoms with Gasteiger partial charge in [0.1, 0.15) is 11.5 Å². The number of nitrogens with one attached hydrogen (secondary N) is 1. The highest BCUT2D eigenvalue weighted by Gasteiger charge is 2.13. The molecule has 2 aromatic carbocycles. The highest BCUT2D eigenvalue weighted by molar-refractivity contribution is 6.07. The molecule has 0 amide bonds. The van der Waals surface area contributed by atoms with Gasteiger partial charge in [0.2, 0.25) is 0 Å². The summed E-state index contributed by atoms with van der Waals surface area (Å²) in [6, 6.07) is 9.13. The topological polar surface area (TPSA) is 58.6 Å². The lowest BCUT2D eigenvalue weighted by atomic mass is 10.0. The van der Waals surface area contributed by atoms with E-state index in [1.54, 1.807) is 18.2 Å². The molecule has 0 aromatic heterocycles. The minimum atomic E-state index is -0.123. The summed E-state index contributed by atoms with van der Waals surface area (Å²) in [6.07, 6.45) is 3.98. The number of aryl methyl sites for hydroxylation is 2. The Morgan fingerprint density at radius 3 is 2.48 bits per heavy atom. The van der Waals surface area contributed by atoms with Gasteiger partial charge in [-0.15, -0.1) is 0 Å². The van der Waals surface area contributed by atoms with Gasteiger partial charge in [-0.2, -0.15) is 0 Å². The predicted molar refractivity (Wildman–Crippen MR) is 103 cm³/mol. The van der Waals surface area contributed by atoms with Crippen LogP contribution >= 0.6 is 0 Å². The fourth-order valence-electron chi connectivity index (χ4n) is 2.60. The first-order valence-corrected chi connectivity index (χ1v) is 8.44. The standard InChI is InChI=1S/C21H25NO3/c1-5-12-25-21-15(3)13-14(2)20(24)18(21)10-11-19(23)16-6-8-17(22-4)9-7-16/h6-11,13,22,24H,5,12H2,1-4H3. The number of benzene rings is 2. The van der Waals surface area contributed by atoms with Gasteiger partial charge in [-0.3, -0.25) is 4.79 Å². The van der Waals surface area contributed by atoms with Gasteiger partial charge in [-0.05, 0) is 73.9 Å². The fraction of sp³-hybridized carbons (Fsp3) is 0.286. The molecule has 0 radical (unpaired) electrons. The van der Waals surface area contributed by atoms with E-state index in [0.29, 0.717) is 23.5 Å². The van der Waals surface area contributed by atoms with E-state index in [2.05, 4.69) is 5.32 Å². The van der Waals surface area contributed by atoms with E-state index in [0.717, 1.165) is 23.2 Å². The van der Waals surface area contributed by atoms with E-state index in [4.69, 9.17) is 4.74 Å². The predicted octanol–water partition coefficient (Wildman–Crippen LogP) is 4.74. The van der Waals surface area contributed by atoms with Crippen molar-refractivity contribution in [3.05, 3.63) is 58.7 Å². The number of allylic oxidation sites excluding steroid dienone is 1. The van der Waals surface area contributed by atoms with Crippen LogP contribution in [-0.2, 0) is 0 Å². The summed E-state index contributed by atoms with van der Waals surface area (Å²) in [5.41, 5.74) is 3.78. The molecule has 0 aliphatic rings. The number of anilines is 1. The average Bonchev–Trinajstić information content (AvgIpc) is 2.62. The maximum absolute atomic E-state index is 12.4. The molecule has 0 aliphatic heterocycles. The Labute approximate surface area is 149 Å². The van der Waals surface area contributed by atoms with Crippen molar-refractivity contribution >= 4 is 17.5 Å². The third-order valence-electron chi connectivity index (χ3n) is 3.97. The highest BCUT2D eigenvalue weighted by atomic mass is 16.5. The average molecular weight is 339 g/mol. The zero-order valence-electron chi connectivity index (χ0n) is 15.2. The van der Waals surface area contributed by atoms with Gasteiger partial charge in [-0.1, -0.05) is 6.92 Å². The lowest BCUT2D eigenvalue weighted by Gasteiger charge is -2.15. The molecule has 0 unspecified atom stereocenters. The number of hydrogen-bond donors (Lipinski definition) is 2. The summed E-state index contributed by atoms with van der Waals surface area (Å²) in [7, 11) is 1.83. The van der Waals surface area contributed by atoms with E-state index < -0.39 is 0 Å². The van der Waals surface area contributed by atoms with Gasteiger partial charge in [-0.25, -0.2) is 0 Å². The van der Waals surface area contributed by atoms with Crippen LogP contribution < -0.4 is 10.1 Å². The zero-order valence-corrected chi connectivity index (χ0v) is 15.2. The Morgan fingerprint density at radius 1 is 1.20 bits per heavy atom. The molecule has 4 heteroatoms. The summed E-state index contributed by atoms with van der Waals surface area (Å²) in [6.45, 7) is 6.36. The third-order valence-corrected chi connectivity index (χ3v) is 3.97. The molecule has 0 fully saturated rings. The van der Waals surface area contributed by atoms with Crippen molar-refractivity contribution in [1.82, 2.24) is 0 Å². The second-order valence-electron chi connectivity index (χ2n) is 5.98. The Morgan fingerprint density at radius 2 is 1.88 bits per heavy atom. The molecular weight excluding hydrogens is 314 g/mol. The summed E-state index contributed by atoms with van der Waals surface area (Å²) in [4.78, 5) is 12.4. The van der Waals surface area contributed by atoms with Gasteiger partial charge in [0.15, 0.2) is 5.78 Å². The maximum Gasteiger partial charge on any atom is 0.185 e. The molecule has 25 heavy (non-hydrogen) atoms. The summed E-state index contributed by atoms with van der Waals surface area (Å²) < 4.78 is 5.79. The van der Waals surface area contributed by atoms with Gasteiger partial charge < -0.3 is 15.2 Å². The number of aromatic hydroxyl groups is 1. The maximum atomic E-state index is 12.4. The second kappa shape index (κ2) is 8.38. The van der Waals surface area contributed by atoms with Crippen LogP contribution in [0.15, 0.2) is 36.4 Å². The van der Waals surface area contributed by atoms with Crippen molar-refractivity contribution in [1.29, 1.82) is 0 Å². The summed E-state index contributed by atoms with van der Waals surface area (Å²) >= 11 is 0. The van der Waals surface area contributed by atoms with Crippen LogP contribution in [0.4, 0.5) is 5.69 Å². The Balaban J connectivity index is 2.33. The first-order valence-electron chi connectivity index (χ1n) is 8.44. The van der Waals surface area contributed by atoms with Gasteiger partial charge in [0.05, 0.1) is 12.2 Å². The van der Waals surface area contributed by atoms with Crippen LogP contribution in [0.3, 0.4) is 0 Å². The van der Waals surface area contributed by atoms with E-state index in [9.17, 15) is 9.90 Å². The van der Waals surface area contributed by atoms with Gasteiger partial charge in [0, 0.05) is 18.3 Å². The Kier molecular flexibility index (Phi) is 6.23. The van der Waals surface area contributed by atoms with Crippen LogP contribution in [0.5, 0.6) is 11.5 Å². The van der Waals surface area contributed by atoms with E-state index in [-0.39, 0.29) is 11.5 Å². The number of rotatable bonds is 7. The summed E-state index contributed by atoms with van der Waals surface area (Å²) in [5, 5.41) is 13.4. The first kappa shape index (κ1) is 18.6. The largest absolute Gasteiger partial charge is 0.507 e. The number of carbonyl (C=O) groups is 1. The van der Waals surface area contributed by atoms with Crippen molar-refractivity contribution in [3.63, 3.8) is 0 Å². The molecule has 2 aromatic rings. The molecule has 2 rings (SSSR count). The summed E-state index contributed by atoms with van der Waals surface area (Å²) in [5.74, 6) is 0.647. The van der Waals surface area contributed by atoms with E-state index in [1.807, 2.05) is 46.0 Å². The Hall–Kier alpha value is -2.75. The third kappa shape index (κ3) is 4.41. The highest BCUT2D eigenvalue weighted by Crippen LogP contribution is 2.35. The van der Waals surface area contributed by atoms with Crippen molar-refractivity contribution in [2.24, 2.45) is 0 Å². The van der Waals surface area contributed by atoms with Gasteiger partial charge >= 0.3 is 0 Å². The minimum absolute atomic E-state index is 0.123. The molecule has 0 aliphatic carbocycles. The first-order chi connectivity index (χ1) is 12.0. The minimum Gasteiger partial charge on any atom is -0.507 e. The van der Waals surface area contributed by atoms with E-state index in [1.165, 1.54) is 6.08 Å². The molecular formula is C21H25NO3. The van der Waals surface area contributed by atoms with Crippen LogP contribution in [0.1, 0.15) is 40.4 Å². The molecule has 0 saturated heterocycles. The second-order valence-corrected chi connectivity index (χ2v) is 5.98. The molecule has 4 nitrogen and oxygen atoms in total. The molecule has 2 N–H and O–H groups in total. The van der Waals surface area contributed by atoms with Crippen molar-refractivity contribution in [2.75, 3.05) is 19.0 Å². The molecule has 0 spiro atoms. The lowest BCUT2D eigenvalue weighted by molar-refractivity contribution is 0.104. The van der Waals surface area contributed by atoms with Crippen molar-refractivity contribution in [3.8, 4) is 11.5 Å². The smallest absolute Gasteiger partial charge is 0.185 e. The zero-order chi connectivity index (χ0) is 18.4. The number of ketones is 1. The lowest BCUT2D eigenvalue weighted by Crippen LogP contribution is -2.01. The molecule has 0 heterocycles. The van der Waals surface area contributed by atoms with Crippen molar-refractivity contribution in [2.45, 2.75) is 27.2 Å². The number of phenolic OH excluding ortho intramolecular Hbond substituents is 1. The van der Waals surface area contributed by atoms with Crippen molar-refractivity contribution < 1.29 is 14.6 Å². The van der Waals surface area contributed by atoms with Crippen LogP contribution in [0, 0.1) is 13.8 Å². The fourth-order valence-corrected chi connectivity index (χ4v) is 2.60. The SMILES string of the molecule is CCCOc1c(C)cc(C)c(O)c1C=CC(=O)c1ccc(NC)cc1. The number of phenols is 1. The molecule has 0 saturated carbocycles. The molecule has 132 valence electrons. The number of hydrogen-bond acceptors (Lipinski definition) is 4. The monoisotopic (exact) mass is 339 g/mol. The molecule has 0 bridgehead atoms. The van der Waals surface area contributed by atoms with Crippen LogP contribution in [0.2, 0.25) is 0 Å². The van der Waals surface area contributed by atoms with Gasteiger partial charge in [0.25, 0.3) is 0 Å². The number of carbonyl (C=O) groups excluding carboxylic acids is 1.